The lowest BCUT2D eigenvalue weighted by molar-refractivity contribution is 0.472. The van der Waals surface area contributed by atoms with E-state index in [-0.39, 0.29) is 0 Å². The van der Waals surface area contributed by atoms with Crippen LogP contribution in [0.5, 0.6) is 23.0 Å². The molecule has 0 bridgehead atoms. The Balaban J connectivity index is 1.18. The predicted octanol–water partition coefficient (Wildman–Crippen LogP) is 9.12. The summed E-state index contributed by atoms with van der Waals surface area (Å²) in [4.78, 5) is 13.7. The minimum atomic E-state index is 0.433. The number of para-hydroxylation sites is 8. The fourth-order valence-electron chi connectivity index (χ4n) is 5.34. The Kier molecular flexibility index (Phi) is 4.17. The highest BCUT2D eigenvalue weighted by molar-refractivity contribution is 5.93. The summed E-state index contributed by atoms with van der Waals surface area (Å²) in [6.45, 7) is 0. The maximum atomic E-state index is 6.34. The van der Waals surface area contributed by atoms with E-state index in [2.05, 4.69) is 0 Å². The summed E-state index contributed by atoms with van der Waals surface area (Å²) in [5, 5.41) is 0. The second kappa shape index (κ2) is 7.87. The summed E-state index contributed by atoms with van der Waals surface area (Å²) in [6.07, 6.45) is 0. The van der Waals surface area contributed by atoms with Gasteiger partial charge in [0.15, 0.2) is 34.2 Å². The molecule has 0 radical (unpaired) electrons. The number of anilines is 6. The summed E-state index contributed by atoms with van der Waals surface area (Å²) < 4.78 is 24.9. The molecular weight excluding hydrogens is 504 g/mol. The molecule has 8 heteroatoms. The molecule has 40 heavy (non-hydrogen) atoms. The van der Waals surface area contributed by atoms with Crippen LogP contribution in [-0.4, -0.2) is 9.97 Å². The van der Waals surface area contributed by atoms with E-state index in [0.29, 0.717) is 34.2 Å². The SMILES string of the molecule is c1ccc2c(c1)Oc1ccccc1N2c1nc2cc3oc(N4c5ccccc5Oc5ccccc54)nc3cc2o1. The summed E-state index contributed by atoms with van der Waals surface area (Å²) >= 11 is 0. The van der Waals surface area contributed by atoms with Crippen LogP contribution in [0, 0.1) is 0 Å². The van der Waals surface area contributed by atoms with E-state index in [1.165, 1.54) is 0 Å². The largest absolute Gasteiger partial charge is 0.453 e. The van der Waals surface area contributed by atoms with Gasteiger partial charge in [-0.15, -0.1) is 0 Å². The van der Waals surface area contributed by atoms with E-state index < -0.39 is 0 Å². The van der Waals surface area contributed by atoms with Crippen LogP contribution < -0.4 is 19.3 Å². The average Bonchev–Trinajstić information content (AvgIpc) is 3.60. The smallest absolute Gasteiger partial charge is 0.308 e. The van der Waals surface area contributed by atoms with Gasteiger partial charge in [-0.25, -0.2) is 0 Å². The second-order valence-electron chi connectivity index (χ2n) is 9.53. The summed E-state index contributed by atoms with van der Waals surface area (Å²) in [5.74, 6) is 2.92. The molecule has 5 aromatic carbocycles. The number of fused-ring (bicyclic) bond motifs is 6. The van der Waals surface area contributed by atoms with Crippen LogP contribution in [0.25, 0.3) is 22.2 Å². The fourth-order valence-corrected chi connectivity index (χ4v) is 5.34. The summed E-state index contributed by atoms with van der Waals surface area (Å²) in [7, 11) is 0. The number of hydrogen-bond donors (Lipinski definition) is 0. The molecule has 0 aliphatic carbocycles. The van der Waals surface area contributed by atoms with Gasteiger partial charge in [0.2, 0.25) is 0 Å². The lowest BCUT2D eigenvalue weighted by Gasteiger charge is -2.29. The molecule has 0 saturated carbocycles. The van der Waals surface area contributed by atoms with Crippen molar-refractivity contribution in [3.8, 4) is 23.0 Å². The van der Waals surface area contributed by atoms with Crippen molar-refractivity contribution in [2.45, 2.75) is 0 Å². The van der Waals surface area contributed by atoms with Crippen molar-refractivity contribution in [1.29, 1.82) is 0 Å². The first-order valence-corrected chi connectivity index (χ1v) is 12.8. The van der Waals surface area contributed by atoms with Crippen LogP contribution in [-0.2, 0) is 0 Å². The first kappa shape index (κ1) is 21.2. The molecule has 2 aliphatic heterocycles. The number of oxazole rings is 2. The average molecular weight is 523 g/mol. The molecule has 2 aliphatic rings. The van der Waals surface area contributed by atoms with E-state index in [1.807, 2.05) is 119 Å². The van der Waals surface area contributed by atoms with Gasteiger partial charge in [-0.2, -0.15) is 9.97 Å². The molecule has 0 spiro atoms. The van der Waals surface area contributed by atoms with Crippen molar-refractivity contribution in [3.63, 3.8) is 0 Å². The van der Waals surface area contributed by atoms with E-state index in [4.69, 9.17) is 28.3 Å². The zero-order valence-electron chi connectivity index (χ0n) is 20.8. The maximum Gasteiger partial charge on any atom is 0.308 e. The first-order valence-electron chi connectivity index (χ1n) is 12.8. The van der Waals surface area contributed by atoms with Crippen molar-refractivity contribution in [1.82, 2.24) is 9.97 Å². The van der Waals surface area contributed by atoms with Gasteiger partial charge in [-0.1, -0.05) is 48.5 Å². The molecule has 2 aromatic heterocycles. The van der Waals surface area contributed by atoms with Gasteiger partial charge in [0.05, 0.1) is 22.7 Å². The van der Waals surface area contributed by atoms with Crippen LogP contribution >= 0.6 is 0 Å². The number of benzene rings is 5. The Labute approximate surface area is 227 Å². The van der Waals surface area contributed by atoms with E-state index in [9.17, 15) is 0 Å². The molecule has 0 N–H and O–H groups in total. The number of aromatic nitrogens is 2. The Morgan fingerprint density at radius 3 is 1.10 bits per heavy atom. The molecular formula is C32H18N4O4. The quantitative estimate of drug-likeness (QED) is 0.222. The molecule has 0 amide bonds. The fraction of sp³-hybridized carbons (Fsp3) is 0. The Bertz CT molecular complexity index is 1830. The van der Waals surface area contributed by atoms with Crippen molar-refractivity contribution >= 4 is 57.0 Å². The van der Waals surface area contributed by atoms with Crippen LogP contribution in [0.1, 0.15) is 0 Å². The monoisotopic (exact) mass is 522 g/mol. The van der Waals surface area contributed by atoms with Crippen LogP contribution in [0.15, 0.2) is 118 Å². The predicted molar refractivity (Wildman–Crippen MR) is 151 cm³/mol. The highest BCUT2D eigenvalue weighted by Crippen LogP contribution is 2.52. The highest BCUT2D eigenvalue weighted by atomic mass is 16.5. The Morgan fingerprint density at radius 1 is 0.425 bits per heavy atom. The van der Waals surface area contributed by atoms with Gasteiger partial charge in [0.25, 0.3) is 0 Å². The van der Waals surface area contributed by atoms with Gasteiger partial charge in [0, 0.05) is 12.1 Å². The molecule has 190 valence electrons. The molecule has 0 unspecified atom stereocenters. The highest BCUT2D eigenvalue weighted by Gasteiger charge is 2.31. The zero-order valence-corrected chi connectivity index (χ0v) is 20.8. The summed E-state index contributed by atoms with van der Waals surface area (Å²) in [6, 6.07) is 35.9. The number of ether oxygens (including phenoxy) is 2. The van der Waals surface area contributed by atoms with Crippen LogP contribution in [0.3, 0.4) is 0 Å². The van der Waals surface area contributed by atoms with Gasteiger partial charge in [0.1, 0.15) is 11.0 Å². The molecule has 0 atom stereocenters. The van der Waals surface area contributed by atoms with E-state index in [1.54, 1.807) is 0 Å². The number of nitrogens with zero attached hydrogens (tertiary/aromatic N) is 4. The summed E-state index contributed by atoms with van der Waals surface area (Å²) in [5.41, 5.74) is 5.92. The van der Waals surface area contributed by atoms with Crippen molar-refractivity contribution in [2.75, 3.05) is 9.80 Å². The Morgan fingerprint density at radius 2 is 0.750 bits per heavy atom. The molecule has 0 fully saturated rings. The minimum Gasteiger partial charge on any atom is -0.453 e. The van der Waals surface area contributed by atoms with Crippen molar-refractivity contribution < 1.29 is 18.3 Å². The Hall–Kier alpha value is -5.76. The van der Waals surface area contributed by atoms with E-state index >= 15 is 0 Å². The topological polar surface area (TPSA) is 77.0 Å². The lowest BCUT2D eigenvalue weighted by atomic mass is 10.2. The lowest BCUT2D eigenvalue weighted by Crippen LogP contribution is -2.15. The molecule has 9 rings (SSSR count). The third-order valence-corrected chi connectivity index (χ3v) is 7.12. The standard InChI is InChI=1S/C32H18N4O4/c1-5-13-25-21(9-1)35(22-10-2-6-14-26(22)37-25)31-33-19-17-30-20(18-29(19)39-31)34-32(40-30)36-23-11-3-7-15-27(23)38-28-16-8-4-12-24(28)36/h1-18H. The van der Waals surface area contributed by atoms with Crippen molar-refractivity contribution in [3.05, 3.63) is 109 Å². The number of hydrogen-bond acceptors (Lipinski definition) is 8. The van der Waals surface area contributed by atoms with E-state index in [0.717, 1.165) is 45.7 Å². The molecule has 8 nitrogen and oxygen atoms in total. The third-order valence-electron chi connectivity index (χ3n) is 7.12. The van der Waals surface area contributed by atoms with Gasteiger partial charge in [-0.05, 0) is 48.5 Å². The first-order chi connectivity index (χ1) is 19.8. The zero-order chi connectivity index (χ0) is 26.2. The van der Waals surface area contributed by atoms with Gasteiger partial charge in [-0.3, -0.25) is 9.80 Å². The minimum absolute atomic E-state index is 0.433. The molecule has 0 saturated heterocycles. The maximum absolute atomic E-state index is 6.34. The van der Waals surface area contributed by atoms with Gasteiger partial charge >= 0.3 is 12.0 Å². The second-order valence-corrected chi connectivity index (χ2v) is 9.53. The van der Waals surface area contributed by atoms with Crippen molar-refractivity contribution in [2.24, 2.45) is 0 Å². The van der Waals surface area contributed by atoms with Crippen LogP contribution in [0.2, 0.25) is 0 Å². The molecule has 4 heterocycles. The third kappa shape index (κ3) is 3.01. The number of rotatable bonds is 2. The normalized spacial score (nSPS) is 13.3. The van der Waals surface area contributed by atoms with Gasteiger partial charge < -0.3 is 18.3 Å². The molecule has 7 aromatic rings. The van der Waals surface area contributed by atoms with Crippen LogP contribution in [0.4, 0.5) is 34.8 Å².